The highest BCUT2D eigenvalue weighted by molar-refractivity contribution is 5.71. The van der Waals surface area contributed by atoms with Crippen LogP contribution in [0.2, 0.25) is 0 Å². The van der Waals surface area contributed by atoms with Gasteiger partial charge in [0.05, 0.1) is 18.6 Å². The van der Waals surface area contributed by atoms with Gasteiger partial charge in [-0.25, -0.2) is 0 Å². The SMILES string of the molecule is COc1cc(C(F)(F)F)ccc1COc1c(C)cc(CN2CC(C(=O)O)C2)cc1C. The van der Waals surface area contributed by atoms with Gasteiger partial charge in [0.15, 0.2) is 0 Å². The van der Waals surface area contributed by atoms with Gasteiger partial charge in [0.2, 0.25) is 0 Å². The lowest BCUT2D eigenvalue weighted by molar-refractivity contribution is -0.147. The Labute approximate surface area is 173 Å². The summed E-state index contributed by atoms with van der Waals surface area (Å²) in [4.78, 5) is 13.0. The van der Waals surface area contributed by atoms with Crippen LogP contribution < -0.4 is 9.47 Å². The molecule has 2 aromatic rings. The van der Waals surface area contributed by atoms with Crippen LogP contribution in [-0.2, 0) is 24.1 Å². The van der Waals surface area contributed by atoms with E-state index in [2.05, 4.69) is 4.90 Å². The maximum atomic E-state index is 12.9. The standard InChI is InChI=1S/C22H24F3NO4/c1-13-6-15(9-26-10-17(11-26)21(27)28)7-14(2)20(13)30-12-16-4-5-18(22(23,24)25)8-19(16)29-3/h4-8,17H,9-12H2,1-3H3,(H,27,28). The molecule has 8 heteroatoms. The number of methoxy groups -OCH3 is 1. The number of carboxylic acids is 1. The number of benzene rings is 2. The fraction of sp³-hybridized carbons (Fsp3) is 0.409. The van der Waals surface area contributed by atoms with E-state index in [0.29, 0.717) is 30.9 Å². The molecule has 0 aromatic heterocycles. The Morgan fingerprint density at radius 3 is 2.33 bits per heavy atom. The highest BCUT2D eigenvalue weighted by Crippen LogP contribution is 2.34. The summed E-state index contributed by atoms with van der Waals surface area (Å²) in [6.07, 6.45) is -4.43. The van der Waals surface area contributed by atoms with Crippen LogP contribution in [-0.4, -0.2) is 36.2 Å². The molecule has 0 radical (unpaired) electrons. The summed E-state index contributed by atoms with van der Waals surface area (Å²) in [5.41, 5.74) is 2.63. The predicted octanol–water partition coefficient (Wildman–Crippen LogP) is 4.43. The second kappa shape index (κ2) is 8.55. The van der Waals surface area contributed by atoms with Crippen molar-refractivity contribution in [3.63, 3.8) is 0 Å². The Morgan fingerprint density at radius 2 is 1.80 bits per heavy atom. The second-order valence-electron chi connectivity index (χ2n) is 7.60. The minimum atomic E-state index is -4.43. The summed E-state index contributed by atoms with van der Waals surface area (Å²) in [5, 5.41) is 8.98. The Morgan fingerprint density at radius 1 is 1.17 bits per heavy atom. The molecule has 162 valence electrons. The first kappa shape index (κ1) is 22.0. The molecule has 30 heavy (non-hydrogen) atoms. The molecule has 5 nitrogen and oxygen atoms in total. The van der Waals surface area contributed by atoms with Crippen LogP contribution >= 0.6 is 0 Å². The number of hydrogen-bond donors (Lipinski definition) is 1. The number of halogens is 3. The first-order chi connectivity index (χ1) is 14.1. The summed E-state index contributed by atoms with van der Waals surface area (Å²) in [6, 6.07) is 7.32. The predicted molar refractivity (Wildman–Crippen MR) is 105 cm³/mol. The van der Waals surface area contributed by atoms with E-state index in [9.17, 15) is 18.0 Å². The zero-order chi connectivity index (χ0) is 22.1. The molecule has 1 fully saturated rings. The summed E-state index contributed by atoms with van der Waals surface area (Å²) >= 11 is 0. The van der Waals surface area contributed by atoms with Crippen molar-refractivity contribution in [1.82, 2.24) is 4.90 Å². The number of nitrogens with zero attached hydrogens (tertiary/aromatic N) is 1. The van der Waals surface area contributed by atoms with Crippen molar-refractivity contribution < 1.29 is 32.5 Å². The first-order valence-electron chi connectivity index (χ1n) is 9.50. The third-order valence-electron chi connectivity index (χ3n) is 5.22. The average molecular weight is 423 g/mol. The third kappa shape index (κ3) is 4.87. The molecule has 0 saturated carbocycles. The lowest BCUT2D eigenvalue weighted by Gasteiger charge is -2.36. The number of alkyl halides is 3. The van der Waals surface area contributed by atoms with Gasteiger partial charge < -0.3 is 14.6 Å². The smallest absolute Gasteiger partial charge is 0.416 e. The van der Waals surface area contributed by atoms with Crippen LogP contribution in [0, 0.1) is 19.8 Å². The number of aryl methyl sites for hydroxylation is 2. The molecule has 0 unspecified atom stereocenters. The van der Waals surface area contributed by atoms with E-state index in [1.165, 1.54) is 13.2 Å². The highest BCUT2D eigenvalue weighted by atomic mass is 19.4. The lowest BCUT2D eigenvalue weighted by atomic mass is 9.98. The molecule has 1 N–H and O–H groups in total. The van der Waals surface area contributed by atoms with Gasteiger partial charge in [-0.1, -0.05) is 18.2 Å². The molecule has 1 heterocycles. The average Bonchev–Trinajstić information content (AvgIpc) is 2.62. The summed E-state index contributed by atoms with van der Waals surface area (Å²) in [5.74, 6) is -0.259. The zero-order valence-electron chi connectivity index (χ0n) is 17.0. The Bertz CT molecular complexity index is 913. The fourth-order valence-electron chi connectivity index (χ4n) is 3.66. The van der Waals surface area contributed by atoms with E-state index in [0.717, 1.165) is 28.8 Å². The number of hydrogen-bond acceptors (Lipinski definition) is 4. The van der Waals surface area contributed by atoms with Crippen molar-refractivity contribution in [1.29, 1.82) is 0 Å². The molecule has 1 aliphatic rings. The zero-order valence-corrected chi connectivity index (χ0v) is 17.0. The normalized spacial score (nSPS) is 15.0. The van der Waals surface area contributed by atoms with Crippen LogP contribution in [0.3, 0.4) is 0 Å². The van der Waals surface area contributed by atoms with Crippen LogP contribution in [0.4, 0.5) is 13.2 Å². The van der Waals surface area contributed by atoms with Gasteiger partial charge in [-0.05, 0) is 42.7 Å². The van der Waals surface area contributed by atoms with E-state index in [1.54, 1.807) is 0 Å². The molecule has 1 saturated heterocycles. The van der Waals surface area contributed by atoms with Crippen LogP contribution in [0.5, 0.6) is 11.5 Å². The maximum Gasteiger partial charge on any atom is 0.416 e. The number of aliphatic carboxylic acids is 1. The van der Waals surface area contributed by atoms with Crippen molar-refractivity contribution >= 4 is 5.97 Å². The molecule has 0 bridgehead atoms. The molecular formula is C22H24F3NO4. The van der Waals surface area contributed by atoms with Crippen LogP contribution in [0.15, 0.2) is 30.3 Å². The molecule has 2 aromatic carbocycles. The van der Waals surface area contributed by atoms with Crippen molar-refractivity contribution in [2.24, 2.45) is 5.92 Å². The number of carboxylic acid groups (broad SMARTS) is 1. The second-order valence-corrected chi connectivity index (χ2v) is 7.60. The summed E-state index contributed by atoms with van der Waals surface area (Å²) < 4.78 is 49.7. The van der Waals surface area contributed by atoms with Crippen molar-refractivity contribution in [2.45, 2.75) is 33.2 Å². The monoisotopic (exact) mass is 423 g/mol. The quantitative estimate of drug-likeness (QED) is 0.714. The minimum Gasteiger partial charge on any atom is -0.496 e. The Balaban J connectivity index is 1.68. The van der Waals surface area contributed by atoms with Crippen LogP contribution in [0.25, 0.3) is 0 Å². The number of carbonyl (C=O) groups is 1. The first-order valence-corrected chi connectivity index (χ1v) is 9.50. The van der Waals surface area contributed by atoms with Gasteiger partial charge in [0.25, 0.3) is 0 Å². The van der Waals surface area contributed by atoms with Crippen LogP contribution in [0.1, 0.15) is 27.8 Å². The van der Waals surface area contributed by atoms with Gasteiger partial charge in [-0.3, -0.25) is 9.69 Å². The number of rotatable bonds is 7. The largest absolute Gasteiger partial charge is 0.496 e. The Hall–Kier alpha value is -2.74. The lowest BCUT2D eigenvalue weighted by Crippen LogP contribution is -2.49. The summed E-state index contributed by atoms with van der Waals surface area (Å²) in [7, 11) is 1.33. The van der Waals surface area contributed by atoms with Gasteiger partial charge in [0, 0.05) is 25.2 Å². The van der Waals surface area contributed by atoms with E-state index >= 15 is 0 Å². The molecule has 1 aliphatic heterocycles. The highest BCUT2D eigenvalue weighted by Gasteiger charge is 2.32. The molecule has 0 atom stereocenters. The van der Waals surface area contributed by atoms with Crippen molar-refractivity contribution in [3.8, 4) is 11.5 Å². The molecule has 0 amide bonds. The van der Waals surface area contributed by atoms with Gasteiger partial charge >= 0.3 is 12.1 Å². The van der Waals surface area contributed by atoms with E-state index in [4.69, 9.17) is 14.6 Å². The maximum absolute atomic E-state index is 12.9. The topological polar surface area (TPSA) is 59.0 Å². The third-order valence-corrected chi connectivity index (χ3v) is 5.22. The fourth-order valence-corrected chi connectivity index (χ4v) is 3.66. The molecule has 0 spiro atoms. The van der Waals surface area contributed by atoms with Gasteiger partial charge in [0.1, 0.15) is 18.1 Å². The molecule has 3 rings (SSSR count). The van der Waals surface area contributed by atoms with Crippen molar-refractivity contribution in [3.05, 3.63) is 58.1 Å². The molecular weight excluding hydrogens is 399 g/mol. The molecule has 0 aliphatic carbocycles. The Kier molecular flexibility index (Phi) is 6.26. The summed E-state index contributed by atoms with van der Waals surface area (Å²) in [6.45, 7) is 5.64. The van der Waals surface area contributed by atoms with Crippen molar-refractivity contribution in [2.75, 3.05) is 20.2 Å². The van der Waals surface area contributed by atoms with E-state index < -0.39 is 17.7 Å². The van der Waals surface area contributed by atoms with E-state index in [1.807, 2.05) is 26.0 Å². The number of likely N-dealkylation sites (tertiary alicyclic amines) is 1. The number of ether oxygens (including phenoxy) is 2. The minimum absolute atomic E-state index is 0.0781. The van der Waals surface area contributed by atoms with E-state index in [-0.39, 0.29) is 18.3 Å². The van der Waals surface area contributed by atoms with Gasteiger partial charge in [-0.15, -0.1) is 0 Å². The van der Waals surface area contributed by atoms with Gasteiger partial charge in [-0.2, -0.15) is 13.2 Å².